The molecule has 0 fully saturated rings. The summed E-state index contributed by atoms with van der Waals surface area (Å²) in [6.07, 6.45) is 0. The molecule has 0 aliphatic rings. The van der Waals surface area contributed by atoms with Crippen LogP contribution < -0.4 is 0 Å². The van der Waals surface area contributed by atoms with E-state index in [0.29, 0.717) is 0 Å². The van der Waals surface area contributed by atoms with Crippen LogP contribution in [0.3, 0.4) is 0 Å². The minimum Gasteiger partial charge on any atom is -0.309 e. The predicted octanol–water partition coefficient (Wildman–Crippen LogP) is 16.6. The van der Waals surface area contributed by atoms with Crippen LogP contribution in [0.2, 0.25) is 0 Å². The number of hydrogen-bond acceptors (Lipinski definition) is 0. The molecule has 11 aromatic carbocycles. The van der Waals surface area contributed by atoms with Crippen LogP contribution in [0, 0.1) is 0 Å². The smallest absolute Gasteiger partial charge is 0.0788 e. The van der Waals surface area contributed by atoms with E-state index in [-0.39, 0.29) is 0 Å². The van der Waals surface area contributed by atoms with Crippen molar-refractivity contribution in [2.75, 3.05) is 0 Å². The van der Waals surface area contributed by atoms with E-state index in [9.17, 15) is 0 Å². The van der Waals surface area contributed by atoms with Crippen LogP contribution in [0.25, 0.3) is 126 Å². The van der Waals surface area contributed by atoms with Crippen molar-refractivity contribution in [3.8, 4) is 39.3 Å². The number of hydrogen-bond donors (Lipinski definition) is 0. The number of benzene rings is 11. The van der Waals surface area contributed by atoms with Crippen LogP contribution in [-0.4, -0.2) is 13.7 Å². The fourth-order valence-corrected chi connectivity index (χ4v) is 11.2. The Labute approximate surface area is 374 Å². The van der Waals surface area contributed by atoms with E-state index in [4.69, 9.17) is 0 Å². The second-order valence-electron chi connectivity index (χ2n) is 17.2. The third-order valence-electron chi connectivity index (χ3n) is 13.8. The summed E-state index contributed by atoms with van der Waals surface area (Å²) in [6, 6.07) is 87.0. The molecule has 302 valence electrons. The molecule has 0 atom stereocenters. The Morgan fingerprint density at radius 2 is 0.508 bits per heavy atom. The van der Waals surface area contributed by atoms with Gasteiger partial charge in [-0.1, -0.05) is 176 Å². The molecule has 3 aromatic heterocycles. The quantitative estimate of drug-likeness (QED) is 0.154. The van der Waals surface area contributed by atoms with Gasteiger partial charge in [0.25, 0.3) is 0 Å². The van der Waals surface area contributed by atoms with E-state index in [1.807, 2.05) is 0 Å². The highest BCUT2D eigenvalue weighted by Crippen LogP contribution is 2.46. The Hall–Kier alpha value is -8.66. The van der Waals surface area contributed by atoms with Gasteiger partial charge in [0.1, 0.15) is 0 Å². The number of fused-ring (bicyclic) bond motifs is 12. The lowest BCUT2D eigenvalue weighted by molar-refractivity contribution is 1.15. The highest BCUT2D eigenvalue weighted by Gasteiger charge is 2.23. The molecule has 0 saturated carbocycles. The molecule has 3 nitrogen and oxygen atoms in total. The van der Waals surface area contributed by atoms with Gasteiger partial charge in [-0.05, 0) is 104 Å². The van der Waals surface area contributed by atoms with Crippen LogP contribution in [0.1, 0.15) is 0 Å². The monoisotopic (exact) mass is 825 g/mol. The van der Waals surface area contributed by atoms with Gasteiger partial charge in [-0.3, -0.25) is 0 Å². The summed E-state index contributed by atoms with van der Waals surface area (Å²) in [5.41, 5.74) is 15.5. The predicted molar refractivity (Wildman–Crippen MR) is 275 cm³/mol. The van der Waals surface area contributed by atoms with Crippen LogP contribution in [0.4, 0.5) is 0 Å². The van der Waals surface area contributed by atoms with E-state index in [1.54, 1.807) is 0 Å². The molecule has 65 heavy (non-hydrogen) atoms. The van der Waals surface area contributed by atoms with Crippen molar-refractivity contribution in [1.82, 2.24) is 13.7 Å². The van der Waals surface area contributed by atoms with Crippen LogP contribution >= 0.6 is 0 Å². The first-order valence-corrected chi connectivity index (χ1v) is 22.4. The maximum absolute atomic E-state index is 2.51. The Kier molecular flexibility index (Phi) is 7.69. The summed E-state index contributed by atoms with van der Waals surface area (Å²) in [5, 5.41) is 12.4. The molecule has 3 heteroatoms. The SMILES string of the molecule is c1ccc(-n2c3ccccc3c3ccc4c5ccccc5n(-c5cccc(-c6c7ccccc7c(-c7cccc(-n8c9ccccc9c9ccccc98)c7)c7ccccc67)c5)c4c32)cc1. The first kappa shape index (κ1) is 35.9. The Morgan fingerprint density at radius 3 is 0.938 bits per heavy atom. The fraction of sp³-hybridized carbons (Fsp3) is 0. The zero-order chi connectivity index (χ0) is 42.6. The van der Waals surface area contributed by atoms with Crippen molar-refractivity contribution in [2.24, 2.45) is 0 Å². The lowest BCUT2D eigenvalue weighted by atomic mass is 9.86. The maximum atomic E-state index is 2.51. The molecular formula is C62H39N3. The topological polar surface area (TPSA) is 14.8 Å². The van der Waals surface area contributed by atoms with Crippen molar-refractivity contribution >= 4 is 87.0 Å². The van der Waals surface area contributed by atoms with Gasteiger partial charge in [0, 0.05) is 49.4 Å². The maximum Gasteiger partial charge on any atom is 0.0788 e. The lowest BCUT2D eigenvalue weighted by Crippen LogP contribution is -1.99. The first-order chi connectivity index (χ1) is 32.3. The highest BCUT2D eigenvalue weighted by atomic mass is 15.0. The fourth-order valence-electron chi connectivity index (χ4n) is 11.2. The van der Waals surface area contributed by atoms with Gasteiger partial charge in [-0.15, -0.1) is 0 Å². The van der Waals surface area contributed by atoms with Gasteiger partial charge in [0.15, 0.2) is 0 Å². The average molecular weight is 826 g/mol. The van der Waals surface area contributed by atoms with Crippen molar-refractivity contribution < 1.29 is 0 Å². The Bertz CT molecular complexity index is 4130. The first-order valence-electron chi connectivity index (χ1n) is 22.4. The lowest BCUT2D eigenvalue weighted by Gasteiger charge is -2.19. The zero-order valence-electron chi connectivity index (χ0n) is 35.4. The van der Waals surface area contributed by atoms with Crippen LogP contribution in [0.15, 0.2) is 237 Å². The second kappa shape index (κ2) is 13.9. The molecule has 0 saturated heterocycles. The van der Waals surface area contributed by atoms with E-state index >= 15 is 0 Å². The molecular weight excluding hydrogens is 787 g/mol. The molecule has 3 heterocycles. The molecule has 14 rings (SSSR count). The standard InChI is InChI=1S/C62H39N3/c1-2-20-42(21-3-1)64-57-34-14-10-26-47(57)53-36-37-54-48-27-11-15-35-58(48)65(62(54)61(53)64)44-23-17-19-41(39-44)60-51-30-6-4-28-49(51)59(50-29-5-7-31-52(50)60)40-18-16-22-43(38-40)63-55-32-12-8-24-45(55)46-25-9-13-33-56(46)63/h1-39H. The molecule has 0 aliphatic heterocycles. The summed E-state index contributed by atoms with van der Waals surface area (Å²) in [4.78, 5) is 0. The van der Waals surface area contributed by atoms with E-state index in [2.05, 4.69) is 250 Å². The van der Waals surface area contributed by atoms with Gasteiger partial charge in [0.05, 0.1) is 33.1 Å². The van der Waals surface area contributed by atoms with E-state index in [1.165, 1.54) is 109 Å². The molecule has 14 aromatic rings. The number of aromatic nitrogens is 3. The van der Waals surface area contributed by atoms with E-state index in [0.717, 1.165) is 17.1 Å². The largest absolute Gasteiger partial charge is 0.309 e. The molecule has 0 aliphatic carbocycles. The number of rotatable bonds is 5. The minimum atomic E-state index is 1.13. The zero-order valence-corrected chi connectivity index (χ0v) is 35.4. The number of nitrogens with zero attached hydrogens (tertiary/aromatic N) is 3. The van der Waals surface area contributed by atoms with Gasteiger partial charge in [-0.25, -0.2) is 0 Å². The molecule has 0 amide bonds. The molecule has 0 spiro atoms. The summed E-state index contributed by atoms with van der Waals surface area (Å²) in [7, 11) is 0. The van der Waals surface area contributed by atoms with Gasteiger partial charge < -0.3 is 13.7 Å². The van der Waals surface area contributed by atoms with Crippen molar-refractivity contribution in [2.45, 2.75) is 0 Å². The van der Waals surface area contributed by atoms with Gasteiger partial charge in [-0.2, -0.15) is 0 Å². The second-order valence-corrected chi connectivity index (χ2v) is 17.2. The summed E-state index contributed by atoms with van der Waals surface area (Å²) in [5.74, 6) is 0. The molecule has 0 unspecified atom stereocenters. The highest BCUT2D eigenvalue weighted by molar-refractivity contribution is 6.25. The molecule has 0 bridgehead atoms. The van der Waals surface area contributed by atoms with Crippen LogP contribution in [0.5, 0.6) is 0 Å². The Morgan fingerprint density at radius 1 is 0.200 bits per heavy atom. The summed E-state index contributed by atoms with van der Waals surface area (Å²) >= 11 is 0. The minimum absolute atomic E-state index is 1.13. The summed E-state index contributed by atoms with van der Waals surface area (Å²) in [6.45, 7) is 0. The third-order valence-corrected chi connectivity index (χ3v) is 13.8. The molecule has 0 N–H and O–H groups in total. The average Bonchev–Trinajstić information content (AvgIpc) is 4.02. The number of para-hydroxylation sites is 5. The Balaban J connectivity index is 1.02. The van der Waals surface area contributed by atoms with E-state index < -0.39 is 0 Å². The van der Waals surface area contributed by atoms with Gasteiger partial charge >= 0.3 is 0 Å². The van der Waals surface area contributed by atoms with Crippen molar-refractivity contribution in [3.05, 3.63) is 237 Å². The molecule has 0 radical (unpaired) electrons. The van der Waals surface area contributed by atoms with Crippen LogP contribution in [-0.2, 0) is 0 Å². The van der Waals surface area contributed by atoms with Crippen molar-refractivity contribution in [3.63, 3.8) is 0 Å². The summed E-state index contributed by atoms with van der Waals surface area (Å²) < 4.78 is 7.39. The van der Waals surface area contributed by atoms with Crippen molar-refractivity contribution in [1.29, 1.82) is 0 Å². The normalized spacial score (nSPS) is 12.0. The van der Waals surface area contributed by atoms with Gasteiger partial charge in [0.2, 0.25) is 0 Å². The third kappa shape index (κ3) is 5.18.